The zero-order chi connectivity index (χ0) is 24.8. The highest BCUT2D eigenvalue weighted by atomic mass is 19.1. The number of rotatable bonds is 8. The van der Waals surface area contributed by atoms with Crippen LogP contribution in [0.25, 0.3) is 0 Å². The van der Waals surface area contributed by atoms with Gasteiger partial charge in [-0.1, -0.05) is 25.1 Å². The molecular formula is C27H23FN2O5. The highest BCUT2D eigenvalue weighted by Crippen LogP contribution is 2.44. The van der Waals surface area contributed by atoms with Gasteiger partial charge in [0, 0.05) is 11.6 Å². The SMILES string of the molecule is CCCOc1cccc(C2C(C#N)=C(N)Oc3cc(OC(=O)COc4ccc(F)cc4)ccc32)c1. The standard InChI is InChI=1S/C27H23FN2O5/c1-2-12-32-20-5-3-4-17(13-20)26-22-11-10-21(14-24(22)35-27(30)23(26)15-29)34-25(31)16-33-19-8-6-18(28)7-9-19/h3-11,13-14,26H,2,12,16,30H2,1H3. The van der Waals surface area contributed by atoms with Gasteiger partial charge >= 0.3 is 5.97 Å². The van der Waals surface area contributed by atoms with Crippen molar-refractivity contribution in [3.05, 3.63) is 95.1 Å². The van der Waals surface area contributed by atoms with E-state index in [1.54, 1.807) is 12.1 Å². The molecule has 0 spiro atoms. The summed E-state index contributed by atoms with van der Waals surface area (Å²) in [6.07, 6.45) is 0.872. The largest absolute Gasteiger partial charge is 0.494 e. The second-order valence-corrected chi connectivity index (χ2v) is 7.76. The van der Waals surface area contributed by atoms with Crippen LogP contribution < -0.4 is 24.7 Å². The number of allylic oxidation sites excluding steroid dienone is 1. The van der Waals surface area contributed by atoms with E-state index < -0.39 is 17.7 Å². The molecule has 0 bridgehead atoms. The molecule has 3 aromatic carbocycles. The van der Waals surface area contributed by atoms with Gasteiger partial charge in [-0.05, 0) is 54.4 Å². The first-order valence-electron chi connectivity index (χ1n) is 11.0. The Kier molecular flexibility index (Phi) is 7.17. The lowest BCUT2D eigenvalue weighted by molar-refractivity contribution is -0.136. The fourth-order valence-electron chi connectivity index (χ4n) is 3.68. The Morgan fingerprint density at radius 1 is 1.06 bits per heavy atom. The molecule has 0 radical (unpaired) electrons. The number of hydrogen-bond donors (Lipinski definition) is 1. The lowest BCUT2D eigenvalue weighted by Gasteiger charge is -2.27. The van der Waals surface area contributed by atoms with Crippen LogP contribution in [-0.4, -0.2) is 19.2 Å². The van der Waals surface area contributed by atoms with Gasteiger partial charge in [0.1, 0.15) is 40.5 Å². The monoisotopic (exact) mass is 474 g/mol. The Balaban J connectivity index is 1.54. The highest BCUT2D eigenvalue weighted by Gasteiger charge is 2.31. The van der Waals surface area contributed by atoms with Gasteiger partial charge < -0.3 is 24.7 Å². The molecule has 8 heteroatoms. The van der Waals surface area contributed by atoms with E-state index >= 15 is 0 Å². The van der Waals surface area contributed by atoms with E-state index in [-0.39, 0.29) is 23.8 Å². The quantitative estimate of drug-likeness (QED) is 0.369. The predicted octanol–water partition coefficient (Wildman–Crippen LogP) is 4.82. The smallest absolute Gasteiger partial charge is 0.349 e. The molecule has 35 heavy (non-hydrogen) atoms. The third-order valence-electron chi connectivity index (χ3n) is 5.26. The van der Waals surface area contributed by atoms with E-state index in [0.717, 1.165) is 12.0 Å². The minimum atomic E-state index is -0.649. The normalized spacial score (nSPS) is 14.4. The lowest BCUT2D eigenvalue weighted by Crippen LogP contribution is -2.21. The molecule has 1 unspecified atom stereocenters. The third kappa shape index (κ3) is 5.53. The number of fused-ring (bicyclic) bond motifs is 1. The molecule has 4 rings (SSSR count). The maximum Gasteiger partial charge on any atom is 0.349 e. The van der Waals surface area contributed by atoms with E-state index in [2.05, 4.69) is 6.07 Å². The Morgan fingerprint density at radius 3 is 2.57 bits per heavy atom. The maximum atomic E-state index is 13.0. The molecule has 0 aliphatic carbocycles. The molecule has 178 valence electrons. The van der Waals surface area contributed by atoms with Gasteiger partial charge in [-0.25, -0.2) is 9.18 Å². The number of carbonyl (C=O) groups is 1. The first-order valence-corrected chi connectivity index (χ1v) is 11.0. The van der Waals surface area contributed by atoms with E-state index in [0.29, 0.717) is 29.4 Å². The third-order valence-corrected chi connectivity index (χ3v) is 5.26. The van der Waals surface area contributed by atoms with Crippen molar-refractivity contribution in [2.45, 2.75) is 19.3 Å². The van der Waals surface area contributed by atoms with Crippen LogP contribution in [0.4, 0.5) is 4.39 Å². The fraction of sp³-hybridized carbons (Fsp3) is 0.185. The molecular weight excluding hydrogens is 451 g/mol. The summed E-state index contributed by atoms with van der Waals surface area (Å²) >= 11 is 0. The van der Waals surface area contributed by atoms with E-state index in [9.17, 15) is 14.4 Å². The van der Waals surface area contributed by atoms with Crippen molar-refractivity contribution in [2.24, 2.45) is 5.73 Å². The van der Waals surface area contributed by atoms with E-state index in [1.807, 2.05) is 31.2 Å². The zero-order valence-electron chi connectivity index (χ0n) is 19.0. The molecule has 0 saturated carbocycles. The summed E-state index contributed by atoms with van der Waals surface area (Å²) in [7, 11) is 0. The predicted molar refractivity (Wildman–Crippen MR) is 125 cm³/mol. The molecule has 0 saturated heterocycles. The molecule has 0 aromatic heterocycles. The van der Waals surface area contributed by atoms with E-state index in [1.165, 1.54) is 30.3 Å². The second-order valence-electron chi connectivity index (χ2n) is 7.76. The van der Waals surface area contributed by atoms with Crippen LogP contribution in [0.2, 0.25) is 0 Å². The van der Waals surface area contributed by atoms with Crippen LogP contribution in [0.5, 0.6) is 23.0 Å². The van der Waals surface area contributed by atoms with Crippen molar-refractivity contribution in [1.82, 2.24) is 0 Å². The van der Waals surface area contributed by atoms with Gasteiger partial charge in [-0.15, -0.1) is 0 Å². The van der Waals surface area contributed by atoms with Crippen LogP contribution in [0, 0.1) is 17.1 Å². The molecule has 7 nitrogen and oxygen atoms in total. The summed E-state index contributed by atoms with van der Waals surface area (Å²) in [6, 6.07) is 19.8. The number of esters is 1. The van der Waals surface area contributed by atoms with Gasteiger partial charge in [0.05, 0.1) is 12.5 Å². The van der Waals surface area contributed by atoms with Crippen molar-refractivity contribution < 1.29 is 28.1 Å². The molecule has 1 atom stereocenters. The summed E-state index contributed by atoms with van der Waals surface area (Å²) < 4.78 is 35.1. The summed E-state index contributed by atoms with van der Waals surface area (Å²) in [6.45, 7) is 2.24. The van der Waals surface area contributed by atoms with Crippen LogP contribution in [0.3, 0.4) is 0 Å². The zero-order valence-corrected chi connectivity index (χ0v) is 19.0. The summed E-state index contributed by atoms with van der Waals surface area (Å²) in [5.41, 5.74) is 7.87. The number of ether oxygens (including phenoxy) is 4. The molecule has 0 fully saturated rings. The molecule has 2 N–H and O–H groups in total. The van der Waals surface area contributed by atoms with Crippen LogP contribution in [-0.2, 0) is 4.79 Å². The fourth-order valence-corrected chi connectivity index (χ4v) is 3.68. The Hall–Kier alpha value is -4.51. The van der Waals surface area contributed by atoms with Gasteiger partial charge in [0.25, 0.3) is 0 Å². The number of nitrogens with zero attached hydrogens (tertiary/aromatic N) is 1. The number of halogens is 1. The van der Waals surface area contributed by atoms with Gasteiger partial charge in [0.2, 0.25) is 5.88 Å². The molecule has 1 aliphatic heterocycles. The number of nitriles is 1. The van der Waals surface area contributed by atoms with Gasteiger partial charge in [-0.2, -0.15) is 5.26 Å². The minimum Gasteiger partial charge on any atom is -0.494 e. The Bertz CT molecular complexity index is 1300. The summed E-state index contributed by atoms with van der Waals surface area (Å²) in [5.74, 6) is 0.0871. The number of hydrogen-bond acceptors (Lipinski definition) is 7. The molecule has 1 aliphatic rings. The Morgan fingerprint density at radius 2 is 1.83 bits per heavy atom. The minimum absolute atomic E-state index is 0.0204. The first kappa shape index (κ1) is 23.6. The van der Waals surface area contributed by atoms with Crippen molar-refractivity contribution in [2.75, 3.05) is 13.2 Å². The van der Waals surface area contributed by atoms with Gasteiger partial charge in [0.15, 0.2) is 6.61 Å². The lowest BCUT2D eigenvalue weighted by atomic mass is 9.83. The van der Waals surface area contributed by atoms with Crippen molar-refractivity contribution in [1.29, 1.82) is 5.26 Å². The summed E-state index contributed by atoms with van der Waals surface area (Å²) in [5, 5.41) is 9.77. The van der Waals surface area contributed by atoms with Crippen molar-refractivity contribution in [3.63, 3.8) is 0 Å². The van der Waals surface area contributed by atoms with Crippen LogP contribution in [0.15, 0.2) is 78.2 Å². The average molecular weight is 474 g/mol. The molecule has 3 aromatic rings. The first-order chi connectivity index (χ1) is 17.0. The number of carbonyl (C=O) groups excluding carboxylic acids is 1. The topological polar surface area (TPSA) is 104 Å². The van der Waals surface area contributed by atoms with Crippen LogP contribution in [0.1, 0.15) is 30.4 Å². The van der Waals surface area contributed by atoms with E-state index in [4.69, 9.17) is 24.7 Å². The molecule has 1 heterocycles. The van der Waals surface area contributed by atoms with Crippen molar-refractivity contribution in [3.8, 4) is 29.1 Å². The Labute approximate surface area is 202 Å². The van der Waals surface area contributed by atoms with Crippen molar-refractivity contribution >= 4 is 5.97 Å². The van der Waals surface area contributed by atoms with Crippen LogP contribution >= 0.6 is 0 Å². The average Bonchev–Trinajstić information content (AvgIpc) is 2.86. The van der Waals surface area contributed by atoms with Gasteiger partial charge in [-0.3, -0.25) is 0 Å². The summed E-state index contributed by atoms with van der Waals surface area (Å²) in [4.78, 5) is 12.2. The number of benzene rings is 3. The second kappa shape index (κ2) is 10.6. The maximum absolute atomic E-state index is 13.0. The molecule has 0 amide bonds. The number of nitrogens with two attached hydrogens (primary N) is 1. The highest BCUT2D eigenvalue weighted by molar-refractivity contribution is 5.74.